The van der Waals surface area contributed by atoms with E-state index in [1.54, 1.807) is 6.92 Å². The molecule has 0 radical (unpaired) electrons. The fourth-order valence-electron chi connectivity index (χ4n) is 0.906. The summed E-state index contributed by atoms with van der Waals surface area (Å²) in [5.41, 5.74) is 5.88. The minimum Gasteiger partial charge on any atom is -0.507 e. The molecule has 1 atom stereocenters. The summed E-state index contributed by atoms with van der Waals surface area (Å²) >= 11 is 2.92. The Balaban J connectivity index is 3.27. The number of rotatable bonds is 1. The number of aromatic hydroxyl groups is 1. The molecular weight excluding hydrogens is 225 g/mol. The normalized spacial score (nSPS) is 13.0. The topological polar surface area (TPSA) is 46.2 Å². The third-order valence-corrected chi connectivity index (χ3v) is 2.34. The zero-order valence-corrected chi connectivity index (χ0v) is 8.10. The van der Waals surface area contributed by atoms with Gasteiger partial charge in [-0.3, -0.25) is 0 Å². The summed E-state index contributed by atoms with van der Waals surface area (Å²) in [4.78, 5) is 0. The molecule has 0 saturated carbocycles. The minimum atomic E-state index is -0.495. The van der Waals surface area contributed by atoms with Crippen molar-refractivity contribution in [2.75, 3.05) is 0 Å². The van der Waals surface area contributed by atoms with Crippen LogP contribution in [0.5, 0.6) is 5.75 Å². The second-order valence-electron chi connectivity index (χ2n) is 2.59. The zero-order chi connectivity index (χ0) is 9.30. The molecule has 1 unspecified atom stereocenters. The lowest BCUT2D eigenvalue weighted by Gasteiger charge is -2.08. The van der Waals surface area contributed by atoms with Crippen LogP contribution in [0.1, 0.15) is 18.5 Å². The lowest BCUT2D eigenvalue weighted by atomic mass is 10.1. The van der Waals surface area contributed by atoms with Gasteiger partial charge in [0.2, 0.25) is 0 Å². The van der Waals surface area contributed by atoms with Crippen molar-refractivity contribution in [1.82, 2.24) is 0 Å². The van der Waals surface area contributed by atoms with Crippen molar-refractivity contribution in [2.45, 2.75) is 13.0 Å². The first-order valence-electron chi connectivity index (χ1n) is 3.46. The van der Waals surface area contributed by atoms with Gasteiger partial charge in [-0.1, -0.05) is 6.07 Å². The van der Waals surface area contributed by atoms with Crippen molar-refractivity contribution in [2.24, 2.45) is 5.73 Å². The van der Waals surface area contributed by atoms with Gasteiger partial charge in [0.15, 0.2) is 0 Å². The molecule has 0 saturated heterocycles. The summed E-state index contributed by atoms with van der Waals surface area (Å²) < 4.78 is 13.3. The fourth-order valence-corrected chi connectivity index (χ4v) is 1.27. The molecule has 0 aliphatic heterocycles. The monoisotopic (exact) mass is 233 g/mol. The van der Waals surface area contributed by atoms with E-state index in [0.29, 0.717) is 5.56 Å². The highest BCUT2D eigenvalue weighted by Crippen LogP contribution is 2.30. The average Bonchev–Trinajstić information content (AvgIpc) is 2.00. The van der Waals surface area contributed by atoms with E-state index >= 15 is 0 Å². The first-order chi connectivity index (χ1) is 5.54. The molecule has 1 aromatic carbocycles. The van der Waals surface area contributed by atoms with E-state index in [2.05, 4.69) is 15.9 Å². The van der Waals surface area contributed by atoms with Gasteiger partial charge in [0.05, 0.1) is 4.47 Å². The molecule has 0 bridgehead atoms. The van der Waals surface area contributed by atoms with Gasteiger partial charge < -0.3 is 10.8 Å². The van der Waals surface area contributed by atoms with Crippen LogP contribution in [-0.2, 0) is 0 Å². The molecule has 4 heteroatoms. The van der Waals surface area contributed by atoms with E-state index in [1.165, 1.54) is 12.1 Å². The van der Waals surface area contributed by atoms with E-state index in [-0.39, 0.29) is 16.3 Å². The number of hydrogen-bond donors (Lipinski definition) is 2. The Hall–Kier alpha value is -0.610. The van der Waals surface area contributed by atoms with E-state index in [9.17, 15) is 4.39 Å². The number of phenols is 1. The highest BCUT2D eigenvalue weighted by Gasteiger charge is 2.12. The predicted molar refractivity (Wildman–Crippen MR) is 48.4 cm³/mol. The molecule has 0 heterocycles. The van der Waals surface area contributed by atoms with Crippen molar-refractivity contribution in [3.63, 3.8) is 0 Å². The van der Waals surface area contributed by atoms with Crippen LogP contribution in [0, 0.1) is 5.82 Å². The average molecular weight is 234 g/mol. The van der Waals surface area contributed by atoms with Crippen LogP contribution in [0.2, 0.25) is 0 Å². The van der Waals surface area contributed by atoms with Crippen LogP contribution in [0.25, 0.3) is 0 Å². The third kappa shape index (κ3) is 1.59. The maximum atomic E-state index is 13.2. The van der Waals surface area contributed by atoms with Crippen molar-refractivity contribution < 1.29 is 9.50 Å². The molecule has 0 aliphatic rings. The van der Waals surface area contributed by atoms with Crippen LogP contribution in [-0.4, -0.2) is 5.11 Å². The molecule has 66 valence electrons. The molecule has 0 aliphatic carbocycles. The van der Waals surface area contributed by atoms with E-state index in [1.807, 2.05) is 0 Å². The first kappa shape index (κ1) is 9.48. The lowest BCUT2D eigenvalue weighted by molar-refractivity contribution is 0.461. The largest absolute Gasteiger partial charge is 0.507 e. The van der Waals surface area contributed by atoms with Crippen LogP contribution in [0.4, 0.5) is 4.39 Å². The van der Waals surface area contributed by atoms with Gasteiger partial charge in [-0.15, -0.1) is 0 Å². The van der Waals surface area contributed by atoms with Gasteiger partial charge in [0, 0.05) is 11.6 Å². The van der Waals surface area contributed by atoms with Crippen LogP contribution in [0.15, 0.2) is 16.6 Å². The fraction of sp³-hybridized carbons (Fsp3) is 0.250. The lowest BCUT2D eigenvalue weighted by Crippen LogP contribution is -2.07. The van der Waals surface area contributed by atoms with Gasteiger partial charge in [-0.05, 0) is 28.9 Å². The van der Waals surface area contributed by atoms with E-state index in [0.717, 1.165) is 0 Å². The Bertz CT molecular complexity index is 301. The smallest absolute Gasteiger partial charge is 0.145 e. The van der Waals surface area contributed by atoms with Gasteiger partial charge >= 0.3 is 0 Å². The van der Waals surface area contributed by atoms with E-state index < -0.39 is 5.82 Å². The van der Waals surface area contributed by atoms with Crippen LogP contribution < -0.4 is 5.73 Å². The Morgan fingerprint density at radius 3 is 2.67 bits per heavy atom. The summed E-state index contributed by atoms with van der Waals surface area (Å²) in [6, 6.07) is 2.51. The van der Waals surface area contributed by atoms with Gasteiger partial charge in [0.25, 0.3) is 0 Å². The molecule has 0 amide bonds. The minimum absolute atomic E-state index is 0.0669. The Kier molecular flexibility index (Phi) is 2.69. The van der Waals surface area contributed by atoms with Crippen molar-refractivity contribution in [3.05, 3.63) is 28.0 Å². The Morgan fingerprint density at radius 2 is 2.17 bits per heavy atom. The maximum absolute atomic E-state index is 13.2. The predicted octanol–water partition coefficient (Wildman–Crippen LogP) is 2.31. The van der Waals surface area contributed by atoms with Gasteiger partial charge in [-0.2, -0.15) is 0 Å². The number of halogens is 2. The molecule has 3 N–H and O–H groups in total. The number of benzene rings is 1. The zero-order valence-electron chi connectivity index (χ0n) is 6.51. The molecule has 0 fully saturated rings. The molecule has 1 aromatic rings. The summed E-state index contributed by atoms with van der Waals surface area (Å²) in [5.74, 6) is -0.609. The molecule has 0 spiro atoms. The Morgan fingerprint density at radius 1 is 1.58 bits per heavy atom. The van der Waals surface area contributed by atoms with Crippen molar-refractivity contribution >= 4 is 15.9 Å². The molecular formula is C8H9BrFNO. The highest BCUT2D eigenvalue weighted by atomic mass is 79.9. The van der Waals surface area contributed by atoms with Crippen molar-refractivity contribution in [3.8, 4) is 5.75 Å². The maximum Gasteiger partial charge on any atom is 0.145 e. The molecule has 12 heavy (non-hydrogen) atoms. The number of hydrogen-bond acceptors (Lipinski definition) is 2. The quantitative estimate of drug-likeness (QED) is 0.783. The second kappa shape index (κ2) is 3.41. The summed E-state index contributed by atoms with van der Waals surface area (Å²) in [6.45, 7) is 1.68. The first-order valence-corrected chi connectivity index (χ1v) is 4.25. The van der Waals surface area contributed by atoms with Gasteiger partial charge in [-0.25, -0.2) is 4.39 Å². The van der Waals surface area contributed by atoms with Crippen LogP contribution >= 0.6 is 15.9 Å². The second-order valence-corrected chi connectivity index (χ2v) is 3.38. The number of nitrogens with two attached hydrogens (primary N) is 1. The molecule has 2 nitrogen and oxygen atoms in total. The summed E-state index contributed by atoms with van der Waals surface area (Å²) in [6.07, 6.45) is 0. The standard InChI is InChI=1S/C8H9BrFNO/c1-4(11)5-2-3-6(12)7(9)8(5)10/h2-4,12H,11H2,1H3. The summed E-state index contributed by atoms with van der Waals surface area (Å²) in [7, 11) is 0. The van der Waals surface area contributed by atoms with Crippen molar-refractivity contribution in [1.29, 1.82) is 0 Å². The molecule has 0 aromatic heterocycles. The summed E-state index contributed by atoms with van der Waals surface area (Å²) in [5, 5.41) is 9.08. The molecule has 1 rings (SSSR count). The van der Waals surface area contributed by atoms with Crippen LogP contribution in [0.3, 0.4) is 0 Å². The van der Waals surface area contributed by atoms with E-state index in [4.69, 9.17) is 10.8 Å². The highest BCUT2D eigenvalue weighted by molar-refractivity contribution is 9.10. The SMILES string of the molecule is CC(N)c1ccc(O)c(Br)c1F. The van der Waals surface area contributed by atoms with Gasteiger partial charge in [0.1, 0.15) is 11.6 Å². The Labute approximate surface area is 78.3 Å². The third-order valence-electron chi connectivity index (χ3n) is 1.58. The number of phenolic OH excluding ortho intramolecular Hbond substituents is 1.